The molecular formula is C24H22O8-2. The van der Waals surface area contributed by atoms with Crippen LogP contribution in [0.5, 0.6) is 0 Å². The number of hydrogen-bond acceptors (Lipinski definition) is 8. The summed E-state index contributed by atoms with van der Waals surface area (Å²) in [4.78, 5) is 31.4. The first-order valence-corrected chi connectivity index (χ1v) is 9.39. The first-order chi connectivity index (χ1) is 15.3. The number of hydrogen-bond donors (Lipinski definition) is 2. The van der Waals surface area contributed by atoms with Crippen molar-refractivity contribution in [3.63, 3.8) is 0 Å². The first-order valence-electron chi connectivity index (χ1n) is 9.39. The molecule has 0 heterocycles. The van der Waals surface area contributed by atoms with Crippen LogP contribution in [0.15, 0.2) is 91.0 Å². The Kier molecular flexibility index (Phi) is 12.1. The minimum absolute atomic E-state index is 0.190. The molecule has 0 aromatic heterocycles. The third-order valence-corrected chi connectivity index (χ3v) is 3.65. The van der Waals surface area contributed by atoms with Crippen LogP contribution in [0.25, 0.3) is 0 Å². The molecule has 2 N–H and O–H groups in total. The third kappa shape index (κ3) is 10.7. The number of rotatable bonds is 6. The van der Waals surface area contributed by atoms with Crippen molar-refractivity contribution in [2.75, 3.05) is 13.2 Å². The Bertz CT molecular complexity index is 894. The Morgan fingerprint density at radius 2 is 1.03 bits per heavy atom. The molecule has 1 unspecified atom stereocenters. The van der Waals surface area contributed by atoms with E-state index in [1.807, 2.05) is 0 Å². The van der Waals surface area contributed by atoms with Crippen molar-refractivity contribution in [2.24, 2.45) is 0 Å². The van der Waals surface area contributed by atoms with Gasteiger partial charge in [0.05, 0.1) is 24.1 Å². The van der Waals surface area contributed by atoms with Crippen molar-refractivity contribution in [1.29, 1.82) is 0 Å². The molecule has 3 aromatic rings. The molecule has 3 aromatic carbocycles. The predicted octanol–water partition coefficient (Wildman–Crippen LogP) is 0.297. The number of ether oxygens (including phenoxy) is 1. The van der Waals surface area contributed by atoms with Crippen LogP contribution in [0.1, 0.15) is 31.1 Å². The summed E-state index contributed by atoms with van der Waals surface area (Å²) in [5, 5.41) is 37.6. The molecule has 0 aliphatic rings. The molecule has 8 heteroatoms. The Labute approximate surface area is 185 Å². The summed E-state index contributed by atoms with van der Waals surface area (Å²) in [6, 6.07) is 24.6. The second-order valence-corrected chi connectivity index (χ2v) is 6.11. The molecule has 0 amide bonds. The Balaban J connectivity index is 0.000000250. The lowest BCUT2D eigenvalue weighted by atomic mass is 10.2. The summed E-state index contributed by atoms with van der Waals surface area (Å²) in [7, 11) is 0. The number of aliphatic hydroxyl groups excluding tert-OH is 2. The standard InChI is InChI=1S/C10H12O4.2C7H6O2/c11-6-9(12)7-14-10(13)8-4-2-1-3-5-8;2*8-7(9)6-4-2-1-3-5-6/h1-5,9,11-12H,6-7H2;2*1-5H,(H,8,9)/p-2. The molecule has 8 nitrogen and oxygen atoms in total. The van der Waals surface area contributed by atoms with Crippen LogP contribution in [-0.4, -0.2) is 47.4 Å². The molecule has 0 spiro atoms. The average molecular weight is 438 g/mol. The summed E-state index contributed by atoms with van der Waals surface area (Å²) < 4.78 is 4.73. The van der Waals surface area contributed by atoms with Crippen molar-refractivity contribution in [3.05, 3.63) is 108 Å². The lowest BCUT2D eigenvalue weighted by Crippen LogP contribution is -2.21. The fourth-order valence-corrected chi connectivity index (χ4v) is 2.03. The van der Waals surface area contributed by atoms with E-state index in [1.54, 1.807) is 66.7 Å². The fraction of sp³-hybridized carbons (Fsp3) is 0.125. The zero-order chi connectivity index (χ0) is 23.8. The molecule has 0 saturated heterocycles. The van der Waals surface area contributed by atoms with E-state index in [4.69, 9.17) is 14.9 Å². The molecule has 0 fully saturated rings. The maximum absolute atomic E-state index is 11.3. The van der Waals surface area contributed by atoms with E-state index in [0.29, 0.717) is 5.56 Å². The van der Waals surface area contributed by atoms with Gasteiger partial charge in [0.15, 0.2) is 0 Å². The number of carboxylic acids is 2. The van der Waals surface area contributed by atoms with E-state index in [0.717, 1.165) is 0 Å². The molecule has 0 aliphatic carbocycles. The van der Waals surface area contributed by atoms with Gasteiger partial charge in [0, 0.05) is 0 Å². The largest absolute Gasteiger partial charge is 0.545 e. The zero-order valence-electron chi connectivity index (χ0n) is 17.0. The summed E-state index contributed by atoms with van der Waals surface area (Å²) in [5.41, 5.74) is 0.868. The number of carboxylic acid groups (broad SMARTS) is 2. The number of aliphatic hydroxyl groups is 2. The highest BCUT2D eigenvalue weighted by Crippen LogP contribution is 2.01. The van der Waals surface area contributed by atoms with Crippen molar-refractivity contribution in [3.8, 4) is 0 Å². The van der Waals surface area contributed by atoms with Gasteiger partial charge in [-0.2, -0.15) is 0 Å². The molecule has 168 valence electrons. The van der Waals surface area contributed by atoms with Crippen LogP contribution in [0, 0.1) is 0 Å². The summed E-state index contributed by atoms with van der Waals surface area (Å²) >= 11 is 0. The molecule has 0 bridgehead atoms. The minimum atomic E-state index is -1.13. The molecule has 3 rings (SSSR count). The highest BCUT2D eigenvalue weighted by Gasteiger charge is 2.09. The Morgan fingerprint density at radius 1 is 0.688 bits per heavy atom. The maximum Gasteiger partial charge on any atom is 0.338 e. The van der Waals surface area contributed by atoms with E-state index < -0.39 is 30.6 Å². The van der Waals surface area contributed by atoms with Crippen LogP contribution in [0.2, 0.25) is 0 Å². The fourth-order valence-electron chi connectivity index (χ4n) is 2.03. The molecular weight excluding hydrogens is 416 g/mol. The lowest BCUT2D eigenvalue weighted by Gasteiger charge is -2.07. The van der Waals surface area contributed by atoms with Gasteiger partial charge in [0.1, 0.15) is 12.7 Å². The smallest absolute Gasteiger partial charge is 0.338 e. The maximum atomic E-state index is 11.3. The van der Waals surface area contributed by atoms with Crippen LogP contribution in [0.4, 0.5) is 0 Å². The van der Waals surface area contributed by atoms with Crippen molar-refractivity contribution >= 4 is 17.9 Å². The zero-order valence-corrected chi connectivity index (χ0v) is 17.0. The number of aromatic carboxylic acids is 2. The van der Waals surface area contributed by atoms with E-state index >= 15 is 0 Å². The molecule has 1 atom stereocenters. The van der Waals surface area contributed by atoms with Gasteiger partial charge in [0.2, 0.25) is 0 Å². The second kappa shape index (κ2) is 14.9. The van der Waals surface area contributed by atoms with Crippen molar-refractivity contribution in [1.82, 2.24) is 0 Å². The van der Waals surface area contributed by atoms with Gasteiger partial charge in [-0.15, -0.1) is 0 Å². The number of carbonyl (C=O) groups excluding carboxylic acids is 3. The van der Waals surface area contributed by atoms with Gasteiger partial charge >= 0.3 is 5.97 Å². The average Bonchev–Trinajstić information content (AvgIpc) is 2.84. The summed E-state index contributed by atoms with van der Waals surface area (Å²) in [6.45, 7) is -0.605. The Hall–Kier alpha value is -4.01. The summed E-state index contributed by atoms with van der Waals surface area (Å²) in [6.07, 6.45) is -1.01. The Morgan fingerprint density at radius 3 is 1.31 bits per heavy atom. The summed E-state index contributed by atoms with van der Waals surface area (Å²) in [5.74, 6) is -2.76. The van der Waals surface area contributed by atoms with E-state index in [2.05, 4.69) is 0 Å². The monoisotopic (exact) mass is 438 g/mol. The van der Waals surface area contributed by atoms with Crippen LogP contribution >= 0.6 is 0 Å². The quantitative estimate of drug-likeness (QED) is 0.522. The highest BCUT2D eigenvalue weighted by atomic mass is 16.5. The van der Waals surface area contributed by atoms with Gasteiger partial charge in [-0.3, -0.25) is 0 Å². The van der Waals surface area contributed by atoms with E-state index in [9.17, 15) is 24.6 Å². The molecule has 32 heavy (non-hydrogen) atoms. The molecule has 0 saturated carbocycles. The van der Waals surface area contributed by atoms with Gasteiger partial charge in [-0.1, -0.05) is 78.9 Å². The molecule has 0 aliphatic heterocycles. The second-order valence-electron chi connectivity index (χ2n) is 6.11. The normalized spacial score (nSPS) is 10.3. The number of carbonyl (C=O) groups is 3. The van der Waals surface area contributed by atoms with Gasteiger partial charge in [0.25, 0.3) is 0 Å². The van der Waals surface area contributed by atoms with Crippen molar-refractivity contribution in [2.45, 2.75) is 6.10 Å². The van der Waals surface area contributed by atoms with Gasteiger partial charge in [-0.05, 0) is 23.3 Å². The third-order valence-electron chi connectivity index (χ3n) is 3.65. The van der Waals surface area contributed by atoms with Crippen molar-refractivity contribution < 1.29 is 39.5 Å². The van der Waals surface area contributed by atoms with Crippen LogP contribution in [0.3, 0.4) is 0 Å². The van der Waals surface area contributed by atoms with E-state index in [-0.39, 0.29) is 17.7 Å². The topological polar surface area (TPSA) is 147 Å². The lowest BCUT2D eigenvalue weighted by molar-refractivity contribution is -0.256. The SMILES string of the molecule is O=C(OCC(O)CO)c1ccccc1.O=C([O-])c1ccccc1.O=C([O-])c1ccccc1. The van der Waals surface area contributed by atoms with Crippen LogP contribution < -0.4 is 10.2 Å². The highest BCUT2D eigenvalue weighted by molar-refractivity contribution is 5.89. The number of esters is 1. The first kappa shape index (κ1) is 26.0. The minimum Gasteiger partial charge on any atom is -0.545 e. The van der Waals surface area contributed by atoms with E-state index in [1.165, 1.54) is 24.3 Å². The molecule has 0 radical (unpaired) electrons. The van der Waals surface area contributed by atoms with Gasteiger partial charge < -0.3 is 34.8 Å². The number of benzene rings is 3. The predicted molar refractivity (Wildman–Crippen MR) is 111 cm³/mol. The van der Waals surface area contributed by atoms with Crippen LogP contribution in [-0.2, 0) is 4.74 Å². The van der Waals surface area contributed by atoms with Gasteiger partial charge in [-0.25, -0.2) is 4.79 Å².